The van der Waals surface area contributed by atoms with Crippen molar-refractivity contribution in [1.82, 2.24) is 10.3 Å². The molecule has 8 heteroatoms. The van der Waals surface area contributed by atoms with Gasteiger partial charge < -0.3 is 20.3 Å². The number of hydrogen-bond acceptors (Lipinski definition) is 6. The molecule has 1 atom stereocenters. The molecule has 7 nitrogen and oxygen atoms in total. The van der Waals surface area contributed by atoms with Gasteiger partial charge in [0.1, 0.15) is 5.82 Å². The first-order chi connectivity index (χ1) is 11.5. The van der Waals surface area contributed by atoms with Gasteiger partial charge in [-0.1, -0.05) is 6.07 Å². The Hall–Kier alpha value is -2.61. The van der Waals surface area contributed by atoms with Crippen LogP contribution in [0.2, 0.25) is 0 Å². The van der Waals surface area contributed by atoms with Gasteiger partial charge in [0.05, 0.1) is 31.5 Å². The number of nitrogens with one attached hydrogen (secondary N) is 2. The highest BCUT2D eigenvalue weighted by molar-refractivity contribution is 7.10. The molecule has 2 N–H and O–H groups in total. The summed E-state index contributed by atoms with van der Waals surface area (Å²) >= 11 is 1.47. The highest BCUT2D eigenvalue weighted by Crippen LogP contribution is 2.22. The smallest absolute Gasteiger partial charge is 0.319 e. The minimum atomic E-state index is -0.438. The van der Waals surface area contributed by atoms with Crippen molar-refractivity contribution in [1.29, 1.82) is 0 Å². The zero-order valence-corrected chi connectivity index (χ0v) is 14.6. The summed E-state index contributed by atoms with van der Waals surface area (Å²) in [5.74, 6) is 0.411. The number of ether oxygens (including phenoxy) is 1. The third-order valence-corrected chi connectivity index (χ3v) is 4.24. The summed E-state index contributed by atoms with van der Waals surface area (Å²) in [6, 6.07) is 6.46. The van der Waals surface area contributed by atoms with E-state index in [0.29, 0.717) is 5.69 Å². The van der Waals surface area contributed by atoms with Gasteiger partial charge in [0.15, 0.2) is 0 Å². The van der Waals surface area contributed by atoms with Gasteiger partial charge in [-0.05, 0) is 23.6 Å². The third-order valence-electron chi connectivity index (χ3n) is 3.25. The Morgan fingerprint density at radius 2 is 2.12 bits per heavy atom. The third kappa shape index (κ3) is 4.95. The van der Waals surface area contributed by atoms with Crippen LogP contribution in [0.15, 0.2) is 35.8 Å². The Bertz CT molecular complexity index is 671. The van der Waals surface area contributed by atoms with Crippen molar-refractivity contribution >= 4 is 34.8 Å². The number of rotatable bonds is 6. The average Bonchev–Trinajstić information content (AvgIpc) is 3.09. The maximum atomic E-state index is 12.2. The molecule has 0 fully saturated rings. The lowest BCUT2D eigenvalue weighted by atomic mass is 10.2. The van der Waals surface area contributed by atoms with Gasteiger partial charge in [-0.15, -0.1) is 11.3 Å². The van der Waals surface area contributed by atoms with E-state index >= 15 is 0 Å². The second-order valence-corrected chi connectivity index (χ2v) is 6.23. The van der Waals surface area contributed by atoms with Crippen LogP contribution in [0.1, 0.15) is 17.3 Å². The van der Waals surface area contributed by atoms with Gasteiger partial charge in [-0.2, -0.15) is 0 Å². The zero-order valence-electron chi connectivity index (χ0n) is 13.8. The number of urea groups is 1. The van der Waals surface area contributed by atoms with Crippen molar-refractivity contribution in [3.63, 3.8) is 0 Å². The van der Waals surface area contributed by atoms with Crippen molar-refractivity contribution < 1.29 is 14.3 Å². The highest BCUT2D eigenvalue weighted by Gasteiger charge is 2.20. The van der Waals surface area contributed by atoms with E-state index in [1.807, 2.05) is 36.5 Å². The first-order valence-electron chi connectivity index (χ1n) is 7.30. The second kappa shape index (κ2) is 8.30. The summed E-state index contributed by atoms with van der Waals surface area (Å²) in [6.45, 7) is 0. The summed E-state index contributed by atoms with van der Waals surface area (Å²) in [5.41, 5.74) is 0.570. The lowest BCUT2D eigenvalue weighted by Gasteiger charge is -2.17. The standard InChI is InChI=1S/C16H20N4O3S/c1-20(2)14-7-6-11(10-17-14)18-16(22)19-12(9-15(21)23-3)13-5-4-8-24-13/h4-8,10,12H,9H2,1-3H3,(H2,18,19,22)/t12-/m0/s1. The van der Waals surface area contributed by atoms with Gasteiger partial charge in [0, 0.05) is 19.0 Å². The minimum Gasteiger partial charge on any atom is -0.469 e. The quantitative estimate of drug-likeness (QED) is 0.784. The lowest BCUT2D eigenvalue weighted by Crippen LogP contribution is -2.33. The topological polar surface area (TPSA) is 83.6 Å². The number of esters is 1. The fourth-order valence-corrected chi connectivity index (χ4v) is 2.79. The van der Waals surface area contributed by atoms with Gasteiger partial charge in [-0.25, -0.2) is 9.78 Å². The number of aromatic nitrogens is 1. The normalized spacial score (nSPS) is 11.5. The van der Waals surface area contributed by atoms with Crippen LogP contribution in [-0.4, -0.2) is 38.2 Å². The molecule has 0 saturated carbocycles. The van der Waals surface area contributed by atoms with Gasteiger partial charge in [-0.3, -0.25) is 4.79 Å². The molecular formula is C16H20N4O3S. The van der Waals surface area contributed by atoms with E-state index in [9.17, 15) is 9.59 Å². The molecule has 0 aliphatic heterocycles. The maximum Gasteiger partial charge on any atom is 0.319 e. The monoisotopic (exact) mass is 348 g/mol. The number of hydrogen-bond donors (Lipinski definition) is 2. The minimum absolute atomic E-state index is 0.0717. The molecule has 2 aromatic heterocycles. The van der Waals surface area contributed by atoms with E-state index in [1.54, 1.807) is 18.3 Å². The number of pyridine rings is 1. The fraction of sp³-hybridized carbons (Fsp3) is 0.312. The van der Waals surface area contributed by atoms with E-state index in [0.717, 1.165) is 10.7 Å². The van der Waals surface area contributed by atoms with E-state index in [4.69, 9.17) is 4.74 Å². The Balaban J connectivity index is 2.00. The number of carbonyl (C=O) groups is 2. The van der Waals surface area contributed by atoms with Crippen LogP contribution < -0.4 is 15.5 Å². The molecule has 2 aromatic rings. The molecule has 0 bridgehead atoms. The van der Waals surface area contributed by atoms with Crippen molar-refractivity contribution in [2.45, 2.75) is 12.5 Å². The zero-order chi connectivity index (χ0) is 17.5. The van der Waals surface area contributed by atoms with E-state index in [1.165, 1.54) is 18.4 Å². The van der Waals surface area contributed by atoms with E-state index in [2.05, 4.69) is 15.6 Å². The SMILES string of the molecule is COC(=O)C[C@H](NC(=O)Nc1ccc(N(C)C)nc1)c1cccs1. The largest absolute Gasteiger partial charge is 0.469 e. The van der Waals surface area contributed by atoms with Crippen LogP contribution in [-0.2, 0) is 9.53 Å². The summed E-state index contributed by atoms with van der Waals surface area (Å²) < 4.78 is 4.69. The van der Waals surface area contributed by atoms with Crippen molar-refractivity contribution in [3.05, 3.63) is 40.7 Å². The molecule has 128 valence electrons. The number of amides is 2. The summed E-state index contributed by atoms with van der Waals surface area (Å²) in [5, 5.41) is 7.40. The predicted molar refractivity (Wildman–Crippen MR) is 94.4 cm³/mol. The fourth-order valence-electron chi connectivity index (χ4n) is 2.01. The second-order valence-electron chi connectivity index (χ2n) is 5.25. The number of carbonyl (C=O) groups excluding carboxylic acids is 2. The van der Waals surface area contributed by atoms with Crippen LogP contribution in [0.3, 0.4) is 0 Å². The van der Waals surface area contributed by atoms with Crippen LogP contribution in [0.25, 0.3) is 0 Å². The molecular weight excluding hydrogens is 328 g/mol. The number of nitrogens with zero attached hydrogens (tertiary/aromatic N) is 2. The van der Waals surface area contributed by atoms with Crippen LogP contribution in [0.5, 0.6) is 0 Å². The van der Waals surface area contributed by atoms with Gasteiger partial charge in [0.2, 0.25) is 0 Å². The number of thiophene rings is 1. The molecule has 24 heavy (non-hydrogen) atoms. The van der Waals surface area contributed by atoms with E-state index in [-0.39, 0.29) is 12.4 Å². The van der Waals surface area contributed by atoms with Gasteiger partial charge >= 0.3 is 12.0 Å². The Labute approximate surface area is 144 Å². The van der Waals surface area contributed by atoms with Crippen LogP contribution in [0.4, 0.5) is 16.3 Å². The van der Waals surface area contributed by atoms with Crippen LogP contribution in [0, 0.1) is 0 Å². The average molecular weight is 348 g/mol. The van der Waals surface area contributed by atoms with Crippen LogP contribution >= 0.6 is 11.3 Å². The summed E-state index contributed by atoms with van der Waals surface area (Å²) in [4.78, 5) is 30.7. The Morgan fingerprint density at radius 1 is 1.33 bits per heavy atom. The summed E-state index contributed by atoms with van der Waals surface area (Å²) in [7, 11) is 5.10. The molecule has 0 aliphatic rings. The molecule has 2 amide bonds. The van der Waals surface area contributed by atoms with Crippen molar-refractivity contribution in [2.75, 3.05) is 31.4 Å². The molecule has 0 unspecified atom stereocenters. The Morgan fingerprint density at radius 3 is 2.67 bits per heavy atom. The highest BCUT2D eigenvalue weighted by atomic mass is 32.1. The molecule has 0 aromatic carbocycles. The molecule has 0 radical (unpaired) electrons. The first-order valence-corrected chi connectivity index (χ1v) is 8.18. The molecule has 2 heterocycles. The van der Waals surface area contributed by atoms with Crippen molar-refractivity contribution in [2.24, 2.45) is 0 Å². The van der Waals surface area contributed by atoms with Crippen molar-refractivity contribution in [3.8, 4) is 0 Å². The molecule has 0 aliphatic carbocycles. The first kappa shape index (κ1) is 17.7. The van der Waals surface area contributed by atoms with Gasteiger partial charge in [0.25, 0.3) is 0 Å². The maximum absolute atomic E-state index is 12.2. The Kier molecular flexibility index (Phi) is 6.14. The molecule has 0 saturated heterocycles. The number of anilines is 2. The van der Waals surface area contributed by atoms with E-state index < -0.39 is 12.1 Å². The lowest BCUT2D eigenvalue weighted by molar-refractivity contribution is -0.141. The predicted octanol–water partition coefficient (Wildman–Crippen LogP) is 2.64. The molecule has 0 spiro atoms. The molecule has 2 rings (SSSR count). The number of methoxy groups -OCH3 is 1. The summed E-state index contributed by atoms with van der Waals surface area (Å²) in [6.07, 6.45) is 1.65.